The quantitative estimate of drug-likeness (QED) is 0.798. The number of carbonyl (C=O) groups is 1. The second kappa shape index (κ2) is 7.92. The largest absolute Gasteiger partial charge is 0.392 e. The molecule has 1 amide bonds. The smallest absolute Gasteiger partial charge is 0.237 e. The van der Waals surface area contributed by atoms with E-state index in [4.69, 9.17) is 4.74 Å². The van der Waals surface area contributed by atoms with Gasteiger partial charge >= 0.3 is 0 Å². The van der Waals surface area contributed by atoms with E-state index in [0.717, 1.165) is 52.1 Å². The Morgan fingerprint density at radius 2 is 1.83 bits per heavy atom. The number of hydrogen-bond donors (Lipinski definition) is 1. The van der Waals surface area contributed by atoms with Crippen molar-refractivity contribution in [3.63, 3.8) is 0 Å². The van der Waals surface area contributed by atoms with Gasteiger partial charge in [0, 0.05) is 39.3 Å². The van der Waals surface area contributed by atoms with Gasteiger partial charge in [0.2, 0.25) is 5.91 Å². The second-order valence-corrected chi connectivity index (χ2v) is 7.27. The lowest BCUT2D eigenvalue weighted by molar-refractivity contribution is -0.151. The molecule has 2 aliphatic heterocycles. The van der Waals surface area contributed by atoms with E-state index >= 15 is 0 Å². The number of nitrogens with zero attached hydrogens (tertiary/aromatic N) is 3. The van der Waals surface area contributed by atoms with Gasteiger partial charge in [-0.3, -0.25) is 14.6 Å². The number of fused-ring (bicyclic) bond motifs is 1. The first-order chi connectivity index (χ1) is 11.1. The van der Waals surface area contributed by atoms with Gasteiger partial charge in [-0.1, -0.05) is 12.8 Å². The van der Waals surface area contributed by atoms with Gasteiger partial charge in [-0.25, -0.2) is 0 Å². The van der Waals surface area contributed by atoms with Crippen molar-refractivity contribution in [1.82, 2.24) is 14.7 Å². The standard InChI is InChI=1S/C17H31N3O3/c1-14(21)12-18-6-8-19(9-7-18)13-17(22)20-10-11-23-16-5-3-2-4-15(16)20/h14-16,21H,2-13H2,1H3/t14-,15-,16-/m0/s1. The van der Waals surface area contributed by atoms with E-state index in [1.54, 1.807) is 0 Å². The molecule has 3 fully saturated rings. The summed E-state index contributed by atoms with van der Waals surface area (Å²) in [5.74, 6) is 0.272. The summed E-state index contributed by atoms with van der Waals surface area (Å²) in [6.07, 6.45) is 4.63. The summed E-state index contributed by atoms with van der Waals surface area (Å²) in [5, 5.41) is 9.47. The third-order valence-corrected chi connectivity index (χ3v) is 5.40. The number of aliphatic hydroxyl groups excluding tert-OH is 1. The van der Waals surface area contributed by atoms with Gasteiger partial charge < -0.3 is 14.7 Å². The number of rotatable bonds is 4. The van der Waals surface area contributed by atoms with E-state index in [-0.39, 0.29) is 18.1 Å². The van der Waals surface area contributed by atoms with Crippen molar-refractivity contribution in [2.75, 3.05) is 52.4 Å². The predicted octanol–water partition coefficient (Wildman–Crippen LogP) is 0.155. The number of aliphatic hydroxyl groups is 1. The van der Waals surface area contributed by atoms with Crippen molar-refractivity contribution in [3.8, 4) is 0 Å². The van der Waals surface area contributed by atoms with Crippen LogP contribution in [0.3, 0.4) is 0 Å². The molecule has 0 bridgehead atoms. The van der Waals surface area contributed by atoms with Crippen molar-refractivity contribution >= 4 is 5.91 Å². The first kappa shape index (κ1) is 17.1. The molecule has 0 aromatic carbocycles. The molecule has 0 aromatic heterocycles. The molecule has 0 unspecified atom stereocenters. The summed E-state index contributed by atoms with van der Waals surface area (Å²) in [4.78, 5) is 19.4. The third-order valence-electron chi connectivity index (χ3n) is 5.40. The summed E-state index contributed by atoms with van der Waals surface area (Å²) in [5.41, 5.74) is 0. The highest BCUT2D eigenvalue weighted by Crippen LogP contribution is 2.28. The van der Waals surface area contributed by atoms with Crippen molar-refractivity contribution in [2.45, 2.75) is 50.9 Å². The molecule has 0 aromatic rings. The highest BCUT2D eigenvalue weighted by atomic mass is 16.5. The number of amides is 1. The van der Waals surface area contributed by atoms with Crippen molar-refractivity contribution in [1.29, 1.82) is 0 Å². The average molecular weight is 325 g/mol. The molecule has 0 radical (unpaired) electrons. The summed E-state index contributed by atoms with van der Waals surface area (Å²) in [6, 6.07) is 0.307. The Morgan fingerprint density at radius 3 is 2.57 bits per heavy atom. The molecular formula is C17H31N3O3. The molecule has 6 heteroatoms. The molecule has 2 heterocycles. The van der Waals surface area contributed by atoms with Crippen LogP contribution in [0.2, 0.25) is 0 Å². The summed E-state index contributed by atoms with van der Waals surface area (Å²) in [6.45, 7) is 8.24. The molecule has 6 nitrogen and oxygen atoms in total. The fourth-order valence-corrected chi connectivity index (χ4v) is 4.19. The number of piperazine rings is 1. The topological polar surface area (TPSA) is 56.2 Å². The minimum atomic E-state index is -0.278. The van der Waals surface area contributed by atoms with Crippen LogP contribution >= 0.6 is 0 Å². The lowest BCUT2D eigenvalue weighted by Crippen LogP contribution is -2.58. The average Bonchev–Trinajstić information content (AvgIpc) is 2.55. The van der Waals surface area contributed by atoms with Crippen LogP contribution in [0.15, 0.2) is 0 Å². The lowest BCUT2D eigenvalue weighted by Gasteiger charge is -2.44. The van der Waals surface area contributed by atoms with Crippen LogP contribution in [-0.2, 0) is 9.53 Å². The van der Waals surface area contributed by atoms with Gasteiger partial charge in [-0.05, 0) is 19.8 Å². The van der Waals surface area contributed by atoms with E-state index in [1.165, 1.54) is 12.8 Å². The van der Waals surface area contributed by atoms with Crippen molar-refractivity contribution in [3.05, 3.63) is 0 Å². The van der Waals surface area contributed by atoms with E-state index in [1.807, 2.05) is 6.92 Å². The van der Waals surface area contributed by atoms with Crippen molar-refractivity contribution < 1.29 is 14.6 Å². The number of carbonyl (C=O) groups excluding carboxylic acids is 1. The zero-order chi connectivity index (χ0) is 16.2. The van der Waals surface area contributed by atoms with Crippen LogP contribution in [0.1, 0.15) is 32.6 Å². The fraction of sp³-hybridized carbons (Fsp3) is 0.941. The third kappa shape index (κ3) is 4.44. The van der Waals surface area contributed by atoms with Crippen LogP contribution in [-0.4, -0.2) is 96.4 Å². The van der Waals surface area contributed by atoms with Crippen LogP contribution in [0.25, 0.3) is 0 Å². The SMILES string of the molecule is C[C@H](O)CN1CCN(CC(=O)N2CCO[C@H]3CCCC[C@@H]32)CC1. The zero-order valence-corrected chi connectivity index (χ0v) is 14.3. The minimum Gasteiger partial charge on any atom is -0.392 e. The van der Waals surface area contributed by atoms with Gasteiger partial charge in [-0.15, -0.1) is 0 Å². The van der Waals surface area contributed by atoms with Crippen LogP contribution in [0.4, 0.5) is 0 Å². The molecule has 3 atom stereocenters. The molecule has 1 aliphatic carbocycles. The van der Waals surface area contributed by atoms with Gasteiger partial charge in [0.25, 0.3) is 0 Å². The Hall–Kier alpha value is -0.690. The highest BCUT2D eigenvalue weighted by molar-refractivity contribution is 5.78. The number of hydrogen-bond acceptors (Lipinski definition) is 5. The Balaban J connectivity index is 1.47. The molecule has 2 saturated heterocycles. The Morgan fingerprint density at radius 1 is 1.13 bits per heavy atom. The number of morpholine rings is 1. The van der Waals surface area contributed by atoms with Gasteiger partial charge in [0.15, 0.2) is 0 Å². The highest BCUT2D eigenvalue weighted by Gasteiger charge is 2.37. The Labute approximate surface area is 139 Å². The normalized spacial score (nSPS) is 31.7. The van der Waals surface area contributed by atoms with E-state index in [0.29, 0.717) is 19.2 Å². The second-order valence-electron chi connectivity index (χ2n) is 7.27. The Kier molecular flexibility index (Phi) is 5.91. The minimum absolute atomic E-state index is 0.268. The van der Waals surface area contributed by atoms with Crippen LogP contribution < -0.4 is 0 Å². The van der Waals surface area contributed by atoms with Gasteiger partial charge in [0.1, 0.15) is 0 Å². The monoisotopic (exact) mass is 325 g/mol. The molecular weight excluding hydrogens is 294 g/mol. The molecule has 0 spiro atoms. The fourth-order valence-electron chi connectivity index (χ4n) is 4.19. The lowest BCUT2D eigenvalue weighted by atomic mass is 9.90. The van der Waals surface area contributed by atoms with E-state index in [2.05, 4.69) is 14.7 Å². The molecule has 3 aliphatic rings. The first-order valence-corrected chi connectivity index (χ1v) is 9.17. The van der Waals surface area contributed by atoms with E-state index < -0.39 is 0 Å². The Bertz CT molecular complexity index is 395. The van der Waals surface area contributed by atoms with Gasteiger partial charge in [0.05, 0.1) is 31.4 Å². The predicted molar refractivity (Wildman–Crippen MR) is 88.3 cm³/mol. The number of β-amino-alcohol motifs (C(OH)–C–C–N with tert-alkyl or cyclic N) is 1. The summed E-state index contributed by atoms with van der Waals surface area (Å²) >= 11 is 0. The first-order valence-electron chi connectivity index (χ1n) is 9.17. The summed E-state index contributed by atoms with van der Waals surface area (Å²) in [7, 11) is 0. The number of ether oxygens (including phenoxy) is 1. The maximum absolute atomic E-state index is 12.8. The molecule has 23 heavy (non-hydrogen) atoms. The molecule has 1 saturated carbocycles. The maximum atomic E-state index is 12.8. The van der Waals surface area contributed by atoms with Crippen LogP contribution in [0, 0.1) is 0 Å². The van der Waals surface area contributed by atoms with Gasteiger partial charge in [-0.2, -0.15) is 0 Å². The van der Waals surface area contributed by atoms with Crippen LogP contribution in [0.5, 0.6) is 0 Å². The molecule has 3 rings (SSSR count). The van der Waals surface area contributed by atoms with E-state index in [9.17, 15) is 9.90 Å². The van der Waals surface area contributed by atoms with Crippen molar-refractivity contribution in [2.24, 2.45) is 0 Å². The molecule has 1 N–H and O–H groups in total. The zero-order valence-electron chi connectivity index (χ0n) is 14.3. The maximum Gasteiger partial charge on any atom is 0.237 e. The summed E-state index contributed by atoms with van der Waals surface area (Å²) < 4.78 is 5.87. The molecule has 132 valence electrons.